The molecule has 4 rings (SSSR count). The lowest BCUT2D eigenvalue weighted by atomic mass is 10.1. The van der Waals surface area contributed by atoms with Crippen molar-refractivity contribution in [3.05, 3.63) is 94.5 Å². The maximum Gasteiger partial charge on any atom is 0.257 e. The first kappa shape index (κ1) is 20.9. The Balaban J connectivity index is 1.34. The van der Waals surface area contributed by atoms with Gasteiger partial charge >= 0.3 is 0 Å². The van der Waals surface area contributed by atoms with Crippen LogP contribution < -0.4 is 10.2 Å². The molecular weight excluding hydrogens is 410 g/mol. The Kier molecular flexibility index (Phi) is 6.23. The lowest BCUT2D eigenvalue weighted by Gasteiger charge is -2.36. The number of hydrogen-bond acceptors (Lipinski definition) is 3. The molecule has 0 aliphatic carbocycles. The molecule has 31 heavy (non-hydrogen) atoms. The molecule has 3 aromatic carbocycles. The van der Waals surface area contributed by atoms with Gasteiger partial charge in [0.1, 0.15) is 0 Å². The maximum absolute atomic E-state index is 12.7. The molecule has 0 aromatic heterocycles. The van der Waals surface area contributed by atoms with Crippen molar-refractivity contribution < 1.29 is 9.59 Å². The minimum Gasteiger partial charge on any atom is -0.368 e. The van der Waals surface area contributed by atoms with Crippen molar-refractivity contribution in [3.63, 3.8) is 0 Å². The SMILES string of the molecule is Cc1ccc(C(=O)N2CCN(c3ccc(NC(=O)c4ccccc4Cl)cc3)CC2)cc1. The highest BCUT2D eigenvalue weighted by Crippen LogP contribution is 2.22. The quantitative estimate of drug-likeness (QED) is 0.639. The van der Waals surface area contributed by atoms with Crippen molar-refractivity contribution in [2.45, 2.75) is 6.92 Å². The molecule has 0 spiro atoms. The third-order valence-electron chi connectivity index (χ3n) is 5.47. The van der Waals surface area contributed by atoms with Crippen LogP contribution in [-0.4, -0.2) is 42.9 Å². The molecular formula is C25H24ClN3O2. The predicted molar refractivity (Wildman–Crippen MR) is 125 cm³/mol. The first-order valence-corrected chi connectivity index (χ1v) is 10.7. The summed E-state index contributed by atoms with van der Waals surface area (Å²) >= 11 is 6.10. The molecule has 1 aliphatic rings. The van der Waals surface area contributed by atoms with Gasteiger partial charge in [-0.1, -0.05) is 41.4 Å². The van der Waals surface area contributed by atoms with Crippen LogP contribution in [0.1, 0.15) is 26.3 Å². The second-order valence-electron chi connectivity index (χ2n) is 7.63. The van der Waals surface area contributed by atoms with Gasteiger partial charge in [0, 0.05) is 43.1 Å². The summed E-state index contributed by atoms with van der Waals surface area (Å²) in [5.74, 6) is -0.154. The summed E-state index contributed by atoms with van der Waals surface area (Å²) in [4.78, 5) is 29.3. The molecule has 3 aromatic rings. The number of halogens is 1. The number of benzene rings is 3. The van der Waals surface area contributed by atoms with E-state index in [0.29, 0.717) is 29.4 Å². The van der Waals surface area contributed by atoms with Crippen LogP contribution in [0.4, 0.5) is 11.4 Å². The number of aryl methyl sites for hydroxylation is 1. The van der Waals surface area contributed by atoms with Gasteiger partial charge in [-0.05, 0) is 55.5 Å². The molecule has 1 N–H and O–H groups in total. The molecule has 0 bridgehead atoms. The highest BCUT2D eigenvalue weighted by atomic mass is 35.5. The maximum atomic E-state index is 12.7. The Bertz CT molecular complexity index is 1070. The zero-order valence-electron chi connectivity index (χ0n) is 17.3. The number of amides is 2. The summed E-state index contributed by atoms with van der Waals surface area (Å²) in [6.45, 7) is 4.90. The summed E-state index contributed by atoms with van der Waals surface area (Å²) in [7, 11) is 0. The number of rotatable bonds is 4. The molecule has 1 fully saturated rings. The van der Waals surface area contributed by atoms with Crippen LogP contribution in [-0.2, 0) is 0 Å². The fourth-order valence-corrected chi connectivity index (χ4v) is 3.87. The minimum atomic E-state index is -0.235. The van der Waals surface area contributed by atoms with Crippen LogP contribution in [0, 0.1) is 6.92 Å². The van der Waals surface area contributed by atoms with E-state index in [1.807, 2.05) is 60.4 Å². The second kappa shape index (κ2) is 9.23. The van der Waals surface area contributed by atoms with Crippen molar-refractivity contribution >= 4 is 34.8 Å². The van der Waals surface area contributed by atoms with Gasteiger partial charge in [0.25, 0.3) is 11.8 Å². The zero-order valence-corrected chi connectivity index (χ0v) is 18.1. The normalized spacial score (nSPS) is 13.7. The standard InChI is InChI=1S/C25H24ClN3O2/c1-18-6-8-19(9-7-18)25(31)29-16-14-28(15-17-29)21-12-10-20(11-13-21)27-24(30)22-4-2-3-5-23(22)26/h2-13H,14-17H2,1H3,(H,27,30). The van der Waals surface area contributed by atoms with Crippen LogP contribution in [0.5, 0.6) is 0 Å². The largest absolute Gasteiger partial charge is 0.368 e. The minimum absolute atomic E-state index is 0.0808. The van der Waals surface area contributed by atoms with Gasteiger partial charge in [0.2, 0.25) is 0 Å². The number of nitrogens with zero attached hydrogens (tertiary/aromatic N) is 2. The highest BCUT2D eigenvalue weighted by molar-refractivity contribution is 6.34. The van der Waals surface area contributed by atoms with Gasteiger partial charge in [0.15, 0.2) is 0 Å². The average molecular weight is 434 g/mol. The summed E-state index contributed by atoms with van der Waals surface area (Å²) in [5.41, 5.74) is 4.10. The van der Waals surface area contributed by atoms with Crippen LogP contribution >= 0.6 is 11.6 Å². The van der Waals surface area contributed by atoms with Crippen LogP contribution in [0.3, 0.4) is 0 Å². The molecule has 2 amide bonds. The van der Waals surface area contributed by atoms with Gasteiger partial charge in [-0.15, -0.1) is 0 Å². The number of nitrogens with one attached hydrogen (secondary N) is 1. The smallest absolute Gasteiger partial charge is 0.257 e. The molecule has 6 heteroatoms. The second-order valence-corrected chi connectivity index (χ2v) is 8.03. The van der Waals surface area contributed by atoms with E-state index in [9.17, 15) is 9.59 Å². The van der Waals surface area contributed by atoms with Crippen molar-refractivity contribution in [1.29, 1.82) is 0 Å². The molecule has 5 nitrogen and oxygen atoms in total. The van der Waals surface area contributed by atoms with E-state index in [0.717, 1.165) is 29.9 Å². The van der Waals surface area contributed by atoms with Gasteiger partial charge in [-0.2, -0.15) is 0 Å². The van der Waals surface area contributed by atoms with Gasteiger partial charge < -0.3 is 15.1 Å². The first-order chi connectivity index (χ1) is 15.0. The molecule has 0 unspecified atom stereocenters. The van der Waals surface area contributed by atoms with Crippen molar-refractivity contribution in [2.75, 3.05) is 36.4 Å². The number of piperazine rings is 1. The van der Waals surface area contributed by atoms with Crippen molar-refractivity contribution in [1.82, 2.24) is 4.90 Å². The molecule has 1 saturated heterocycles. The van der Waals surface area contributed by atoms with Gasteiger partial charge in [-0.25, -0.2) is 0 Å². The number of hydrogen-bond donors (Lipinski definition) is 1. The average Bonchev–Trinajstić information content (AvgIpc) is 2.80. The third-order valence-corrected chi connectivity index (χ3v) is 5.80. The van der Waals surface area contributed by atoms with E-state index in [-0.39, 0.29) is 11.8 Å². The molecule has 0 radical (unpaired) electrons. The van der Waals surface area contributed by atoms with Gasteiger partial charge in [-0.3, -0.25) is 9.59 Å². The van der Waals surface area contributed by atoms with E-state index >= 15 is 0 Å². The van der Waals surface area contributed by atoms with E-state index in [4.69, 9.17) is 11.6 Å². The van der Waals surface area contributed by atoms with E-state index < -0.39 is 0 Å². The Morgan fingerprint density at radius 1 is 0.839 bits per heavy atom. The Labute approximate surface area is 187 Å². The molecule has 0 atom stereocenters. The lowest BCUT2D eigenvalue weighted by Crippen LogP contribution is -2.48. The predicted octanol–water partition coefficient (Wildman–Crippen LogP) is 4.86. The fraction of sp³-hybridized carbons (Fsp3) is 0.200. The zero-order chi connectivity index (χ0) is 21.8. The molecule has 1 aliphatic heterocycles. The highest BCUT2D eigenvalue weighted by Gasteiger charge is 2.22. The monoisotopic (exact) mass is 433 g/mol. The summed E-state index contributed by atoms with van der Waals surface area (Å²) in [5, 5.41) is 3.30. The van der Waals surface area contributed by atoms with Crippen LogP contribution in [0.2, 0.25) is 5.02 Å². The third kappa shape index (κ3) is 4.89. The summed E-state index contributed by atoms with van der Waals surface area (Å²) in [6, 6.07) is 22.4. The molecule has 158 valence electrons. The van der Waals surface area contributed by atoms with Crippen molar-refractivity contribution in [3.8, 4) is 0 Å². The topological polar surface area (TPSA) is 52.7 Å². The fourth-order valence-electron chi connectivity index (χ4n) is 3.65. The number of carbonyl (C=O) groups is 2. The van der Waals surface area contributed by atoms with E-state index in [1.165, 1.54) is 0 Å². The summed E-state index contributed by atoms with van der Waals surface area (Å²) < 4.78 is 0. The lowest BCUT2D eigenvalue weighted by molar-refractivity contribution is 0.0746. The number of carbonyl (C=O) groups excluding carboxylic acids is 2. The Hall–Kier alpha value is -3.31. The van der Waals surface area contributed by atoms with E-state index in [1.54, 1.807) is 24.3 Å². The van der Waals surface area contributed by atoms with Crippen molar-refractivity contribution in [2.24, 2.45) is 0 Å². The van der Waals surface area contributed by atoms with Crippen LogP contribution in [0.25, 0.3) is 0 Å². The molecule has 0 saturated carbocycles. The molecule has 1 heterocycles. The Morgan fingerprint density at radius 3 is 2.13 bits per heavy atom. The van der Waals surface area contributed by atoms with Gasteiger partial charge in [0.05, 0.1) is 10.6 Å². The first-order valence-electron chi connectivity index (χ1n) is 10.3. The van der Waals surface area contributed by atoms with Crippen LogP contribution in [0.15, 0.2) is 72.8 Å². The van der Waals surface area contributed by atoms with E-state index in [2.05, 4.69) is 10.2 Å². The summed E-state index contributed by atoms with van der Waals surface area (Å²) in [6.07, 6.45) is 0. The number of anilines is 2. The Morgan fingerprint density at radius 2 is 1.48 bits per heavy atom.